The first-order valence-electron chi connectivity index (χ1n) is 9.56. The van der Waals surface area contributed by atoms with Gasteiger partial charge in [-0.1, -0.05) is 30.3 Å². The van der Waals surface area contributed by atoms with Crippen molar-refractivity contribution in [3.63, 3.8) is 0 Å². The Morgan fingerprint density at radius 1 is 1.07 bits per heavy atom. The van der Waals surface area contributed by atoms with Crippen molar-refractivity contribution < 1.29 is 19.0 Å². The molecule has 28 heavy (non-hydrogen) atoms. The van der Waals surface area contributed by atoms with Gasteiger partial charge in [0.2, 0.25) is 0 Å². The Morgan fingerprint density at radius 3 is 2.50 bits per heavy atom. The Balaban J connectivity index is 1.43. The van der Waals surface area contributed by atoms with Gasteiger partial charge in [-0.25, -0.2) is 0 Å². The summed E-state index contributed by atoms with van der Waals surface area (Å²) < 4.78 is 16.2. The highest BCUT2D eigenvalue weighted by Gasteiger charge is 2.11. The van der Waals surface area contributed by atoms with Crippen LogP contribution in [0, 0.1) is 6.92 Å². The van der Waals surface area contributed by atoms with Crippen LogP contribution in [0.5, 0.6) is 11.5 Å². The van der Waals surface area contributed by atoms with Crippen LogP contribution in [0.25, 0.3) is 0 Å². The highest BCUT2D eigenvalue weighted by Crippen LogP contribution is 2.27. The molecule has 2 aromatic carbocycles. The minimum absolute atomic E-state index is 0.0471. The van der Waals surface area contributed by atoms with Crippen molar-refractivity contribution in [3.05, 3.63) is 59.2 Å². The standard InChI is InChI=1S/C22H28N2O4/c1-17-3-8-20(21(13-17)26-2)28-16-22(25)23-14-18-4-6-19(7-5-18)15-24-9-11-27-12-10-24/h3-8,13H,9-12,14-16H2,1-2H3,(H,23,25). The van der Waals surface area contributed by atoms with E-state index in [1.165, 1.54) is 5.56 Å². The van der Waals surface area contributed by atoms with Gasteiger partial charge in [-0.3, -0.25) is 9.69 Å². The number of nitrogens with one attached hydrogen (secondary N) is 1. The summed E-state index contributed by atoms with van der Waals surface area (Å²) in [5.74, 6) is 1.03. The van der Waals surface area contributed by atoms with E-state index >= 15 is 0 Å². The fourth-order valence-electron chi connectivity index (χ4n) is 3.07. The molecule has 6 nitrogen and oxygen atoms in total. The summed E-state index contributed by atoms with van der Waals surface area (Å²) in [5, 5.41) is 2.89. The van der Waals surface area contributed by atoms with Gasteiger partial charge in [0.25, 0.3) is 5.91 Å². The zero-order chi connectivity index (χ0) is 19.8. The van der Waals surface area contributed by atoms with Crippen LogP contribution < -0.4 is 14.8 Å². The van der Waals surface area contributed by atoms with Crippen molar-refractivity contribution >= 4 is 5.91 Å². The third kappa shape index (κ3) is 5.97. The lowest BCUT2D eigenvalue weighted by Gasteiger charge is -2.26. The van der Waals surface area contributed by atoms with Gasteiger partial charge in [-0.15, -0.1) is 0 Å². The number of hydrogen-bond donors (Lipinski definition) is 1. The van der Waals surface area contributed by atoms with E-state index in [1.807, 2.05) is 25.1 Å². The first-order valence-corrected chi connectivity index (χ1v) is 9.56. The molecule has 1 aliphatic heterocycles. The fourth-order valence-corrected chi connectivity index (χ4v) is 3.07. The van der Waals surface area contributed by atoms with Gasteiger partial charge in [0.1, 0.15) is 0 Å². The molecular weight excluding hydrogens is 356 g/mol. The fraction of sp³-hybridized carbons (Fsp3) is 0.409. The smallest absolute Gasteiger partial charge is 0.258 e. The molecule has 150 valence electrons. The Labute approximate surface area is 166 Å². The summed E-state index contributed by atoms with van der Waals surface area (Å²) in [5.41, 5.74) is 3.41. The van der Waals surface area contributed by atoms with Crippen LogP contribution in [0.15, 0.2) is 42.5 Å². The lowest BCUT2D eigenvalue weighted by molar-refractivity contribution is -0.123. The van der Waals surface area contributed by atoms with Crippen LogP contribution in [0.3, 0.4) is 0 Å². The second-order valence-corrected chi connectivity index (χ2v) is 6.92. The number of methoxy groups -OCH3 is 1. The van der Waals surface area contributed by atoms with Crippen molar-refractivity contribution in [2.75, 3.05) is 40.0 Å². The molecule has 0 unspecified atom stereocenters. The molecular formula is C22H28N2O4. The van der Waals surface area contributed by atoms with E-state index < -0.39 is 0 Å². The topological polar surface area (TPSA) is 60.0 Å². The second-order valence-electron chi connectivity index (χ2n) is 6.92. The molecule has 0 atom stereocenters. The van der Waals surface area contributed by atoms with E-state index in [-0.39, 0.29) is 12.5 Å². The zero-order valence-corrected chi connectivity index (χ0v) is 16.6. The van der Waals surface area contributed by atoms with Crippen molar-refractivity contribution in [2.24, 2.45) is 0 Å². The van der Waals surface area contributed by atoms with E-state index in [2.05, 4.69) is 34.5 Å². The van der Waals surface area contributed by atoms with Gasteiger partial charge in [0.05, 0.1) is 20.3 Å². The number of benzene rings is 2. The minimum Gasteiger partial charge on any atom is -0.493 e. The molecule has 0 spiro atoms. The molecule has 6 heteroatoms. The number of carbonyl (C=O) groups excluding carboxylic acids is 1. The number of nitrogens with zero attached hydrogens (tertiary/aromatic N) is 1. The van der Waals surface area contributed by atoms with E-state index in [0.29, 0.717) is 18.0 Å². The monoisotopic (exact) mass is 384 g/mol. The molecule has 0 aliphatic carbocycles. The molecule has 0 saturated carbocycles. The number of hydrogen-bond acceptors (Lipinski definition) is 5. The maximum absolute atomic E-state index is 12.1. The summed E-state index contributed by atoms with van der Waals surface area (Å²) in [6.07, 6.45) is 0. The Kier molecular flexibility index (Phi) is 7.28. The van der Waals surface area contributed by atoms with Crippen LogP contribution >= 0.6 is 0 Å². The highest BCUT2D eigenvalue weighted by molar-refractivity contribution is 5.77. The molecule has 1 saturated heterocycles. The van der Waals surface area contributed by atoms with Gasteiger partial charge >= 0.3 is 0 Å². The van der Waals surface area contributed by atoms with E-state index in [4.69, 9.17) is 14.2 Å². The van der Waals surface area contributed by atoms with Crippen molar-refractivity contribution in [1.82, 2.24) is 10.2 Å². The molecule has 1 heterocycles. The summed E-state index contributed by atoms with van der Waals surface area (Å²) in [4.78, 5) is 14.5. The Bertz CT molecular complexity index is 771. The number of aryl methyl sites for hydroxylation is 1. The van der Waals surface area contributed by atoms with Gasteiger partial charge in [0, 0.05) is 26.2 Å². The SMILES string of the molecule is COc1cc(C)ccc1OCC(=O)NCc1ccc(CN2CCOCC2)cc1. The van der Waals surface area contributed by atoms with Crippen molar-refractivity contribution in [2.45, 2.75) is 20.0 Å². The van der Waals surface area contributed by atoms with E-state index in [0.717, 1.165) is 44.0 Å². The molecule has 0 aromatic heterocycles. The first-order chi connectivity index (χ1) is 13.6. The summed E-state index contributed by atoms with van der Waals surface area (Å²) in [7, 11) is 1.59. The van der Waals surface area contributed by atoms with Gasteiger partial charge in [0.15, 0.2) is 18.1 Å². The number of carbonyl (C=O) groups is 1. The van der Waals surface area contributed by atoms with Gasteiger partial charge in [-0.05, 0) is 35.7 Å². The van der Waals surface area contributed by atoms with Gasteiger partial charge < -0.3 is 19.5 Å². The molecule has 0 bridgehead atoms. The molecule has 1 N–H and O–H groups in total. The largest absolute Gasteiger partial charge is 0.493 e. The predicted molar refractivity (Wildman–Crippen MR) is 108 cm³/mol. The molecule has 1 aliphatic rings. The van der Waals surface area contributed by atoms with Crippen molar-refractivity contribution in [3.8, 4) is 11.5 Å². The number of rotatable bonds is 8. The maximum Gasteiger partial charge on any atom is 0.258 e. The quantitative estimate of drug-likeness (QED) is 0.758. The average Bonchev–Trinajstić information content (AvgIpc) is 2.73. The number of amides is 1. The van der Waals surface area contributed by atoms with Crippen LogP contribution in [0.2, 0.25) is 0 Å². The zero-order valence-electron chi connectivity index (χ0n) is 16.6. The molecule has 3 rings (SSSR count). The van der Waals surface area contributed by atoms with Crippen LogP contribution in [0.4, 0.5) is 0 Å². The van der Waals surface area contributed by atoms with E-state index in [1.54, 1.807) is 7.11 Å². The summed E-state index contributed by atoms with van der Waals surface area (Å²) in [6.45, 7) is 6.90. The number of morpholine rings is 1. The Hall–Kier alpha value is -2.57. The van der Waals surface area contributed by atoms with Crippen LogP contribution in [-0.2, 0) is 22.6 Å². The summed E-state index contributed by atoms with van der Waals surface area (Å²) in [6, 6.07) is 14.0. The Morgan fingerprint density at radius 2 is 1.79 bits per heavy atom. The summed E-state index contributed by atoms with van der Waals surface area (Å²) >= 11 is 0. The van der Waals surface area contributed by atoms with Crippen LogP contribution in [-0.4, -0.2) is 50.8 Å². The molecule has 2 aromatic rings. The third-order valence-electron chi connectivity index (χ3n) is 4.70. The lowest BCUT2D eigenvalue weighted by Crippen LogP contribution is -2.35. The third-order valence-corrected chi connectivity index (χ3v) is 4.70. The average molecular weight is 384 g/mol. The molecule has 1 fully saturated rings. The maximum atomic E-state index is 12.1. The minimum atomic E-state index is -0.167. The molecule has 1 amide bonds. The van der Waals surface area contributed by atoms with E-state index in [9.17, 15) is 4.79 Å². The lowest BCUT2D eigenvalue weighted by atomic mass is 10.1. The first kappa shape index (κ1) is 20.2. The second kappa shape index (κ2) is 10.1. The molecule has 0 radical (unpaired) electrons. The number of ether oxygens (including phenoxy) is 3. The predicted octanol–water partition coefficient (Wildman–Crippen LogP) is 2.53. The normalized spacial score (nSPS) is 14.5. The highest BCUT2D eigenvalue weighted by atomic mass is 16.5. The van der Waals surface area contributed by atoms with Crippen LogP contribution in [0.1, 0.15) is 16.7 Å². The van der Waals surface area contributed by atoms with Crippen molar-refractivity contribution in [1.29, 1.82) is 0 Å². The van der Waals surface area contributed by atoms with Gasteiger partial charge in [-0.2, -0.15) is 0 Å².